The molecule has 3 rings (SSSR count). The predicted molar refractivity (Wildman–Crippen MR) is 98.3 cm³/mol. The zero-order valence-electron chi connectivity index (χ0n) is 14.2. The van der Waals surface area contributed by atoms with Crippen LogP contribution < -0.4 is 0 Å². The maximum Gasteiger partial charge on any atom is 0.295 e. The third kappa shape index (κ3) is 3.36. The van der Waals surface area contributed by atoms with Crippen molar-refractivity contribution >= 4 is 28.8 Å². The van der Waals surface area contributed by atoms with Gasteiger partial charge in [-0.25, -0.2) is 0 Å². The largest absolute Gasteiger partial charge is 0.507 e. The van der Waals surface area contributed by atoms with Crippen LogP contribution in [0.4, 0.5) is 0 Å². The molecule has 1 aromatic carbocycles. The lowest BCUT2D eigenvalue weighted by Crippen LogP contribution is -2.35. The molecule has 0 saturated carbocycles. The van der Waals surface area contributed by atoms with E-state index in [1.165, 1.54) is 11.3 Å². The third-order valence-corrected chi connectivity index (χ3v) is 5.11. The van der Waals surface area contributed by atoms with Crippen molar-refractivity contribution in [2.45, 2.75) is 6.04 Å². The predicted octanol–water partition coefficient (Wildman–Crippen LogP) is 2.73. The Morgan fingerprint density at radius 3 is 2.48 bits per heavy atom. The molecule has 0 bridgehead atoms. The lowest BCUT2D eigenvalue weighted by Gasteiger charge is -2.25. The normalized spacial score (nSPS) is 19.8. The molecule has 1 aliphatic heterocycles. The molecule has 25 heavy (non-hydrogen) atoms. The van der Waals surface area contributed by atoms with E-state index in [0.717, 1.165) is 4.88 Å². The van der Waals surface area contributed by atoms with E-state index in [2.05, 4.69) is 0 Å². The number of aliphatic hydroxyl groups is 1. The molecule has 1 aliphatic rings. The minimum atomic E-state index is -0.626. The summed E-state index contributed by atoms with van der Waals surface area (Å²) in [6.07, 6.45) is 0. The second kappa shape index (κ2) is 7.21. The van der Waals surface area contributed by atoms with Crippen molar-refractivity contribution in [2.24, 2.45) is 0 Å². The first kappa shape index (κ1) is 17.4. The first-order valence-electron chi connectivity index (χ1n) is 8.02. The first-order chi connectivity index (χ1) is 12.0. The highest BCUT2D eigenvalue weighted by Crippen LogP contribution is 2.40. The summed E-state index contributed by atoms with van der Waals surface area (Å²) in [4.78, 5) is 29.6. The summed E-state index contributed by atoms with van der Waals surface area (Å²) in [5.41, 5.74) is 0.701. The number of carbonyl (C=O) groups excluding carboxylic acids is 2. The molecule has 0 radical (unpaired) electrons. The third-order valence-electron chi connectivity index (χ3n) is 4.19. The molecule has 1 saturated heterocycles. The van der Waals surface area contributed by atoms with Gasteiger partial charge in [-0.1, -0.05) is 36.4 Å². The lowest BCUT2D eigenvalue weighted by molar-refractivity contribution is -0.140. The molecule has 1 amide bonds. The highest BCUT2D eigenvalue weighted by atomic mass is 32.1. The molecule has 0 spiro atoms. The molecule has 1 atom stereocenters. The summed E-state index contributed by atoms with van der Waals surface area (Å²) in [6, 6.07) is 12.1. The standard InChI is InChI=1S/C19H20N2O3S/c1-20(2)10-11-21-16(14-9-6-12-25-14)15(18(23)19(21)24)17(22)13-7-4-3-5-8-13/h3-9,12,16,22H,10-11H2,1-2H3/t16-/m1/s1. The molecule has 5 nitrogen and oxygen atoms in total. The summed E-state index contributed by atoms with van der Waals surface area (Å²) in [7, 11) is 3.83. The molecule has 2 aromatic rings. The minimum Gasteiger partial charge on any atom is -0.507 e. The average molecular weight is 356 g/mol. The van der Waals surface area contributed by atoms with Gasteiger partial charge in [-0.2, -0.15) is 0 Å². The number of hydrogen-bond acceptors (Lipinski definition) is 5. The number of nitrogens with zero attached hydrogens (tertiary/aromatic N) is 2. The fraction of sp³-hybridized carbons (Fsp3) is 0.263. The highest BCUT2D eigenvalue weighted by molar-refractivity contribution is 7.10. The van der Waals surface area contributed by atoms with Crippen molar-refractivity contribution in [2.75, 3.05) is 27.2 Å². The number of Topliss-reactive ketones (excluding diaryl/α,β-unsaturated/α-hetero) is 1. The van der Waals surface area contributed by atoms with E-state index in [4.69, 9.17) is 0 Å². The van der Waals surface area contributed by atoms with E-state index in [0.29, 0.717) is 18.7 Å². The second-order valence-electron chi connectivity index (χ2n) is 6.18. The Morgan fingerprint density at radius 1 is 1.16 bits per heavy atom. The Hall–Kier alpha value is -2.44. The molecule has 130 valence electrons. The maximum absolute atomic E-state index is 12.7. The Morgan fingerprint density at radius 2 is 1.88 bits per heavy atom. The molecular weight excluding hydrogens is 336 g/mol. The van der Waals surface area contributed by atoms with Gasteiger partial charge in [0.15, 0.2) is 0 Å². The summed E-state index contributed by atoms with van der Waals surface area (Å²) < 4.78 is 0. The Balaban J connectivity index is 2.09. The number of likely N-dealkylation sites (N-methyl/N-ethyl adjacent to an activating group) is 1. The van der Waals surface area contributed by atoms with Gasteiger partial charge in [0.25, 0.3) is 11.7 Å². The van der Waals surface area contributed by atoms with Crippen molar-refractivity contribution < 1.29 is 14.7 Å². The van der Waals surface area contributed by atoms with E-state index >= 15 is 0 Å². The fourth-order valence-corrected chi connectivity index (χ4v) is 3.76. The minimum absolute atomic E-state index is 0.121. The molecule has 0 unspecified atom stereocenters. The number of rotatable bonds is 5. The van der Waals surface area contributed by atoms with E-state index in [1.54, 1.807) is 29.2 Å². The van der Waals surface area contributed by atoms with Crippen LogP contribution in [0.1, 0.15) is 16.5 Å². The van der Waals surface area contributed by atoms with Crippen LogP contribution >= 0.6 is 11.3 Å². The van der Waals surface area contributed by atoms with Crippen molar-refractivity contribution in [3.63, 3.8) is 0 Å². The number of ketones is 1. The van der Waals surface area contributed by atoms with Gasteiger partial charge in [0.05, 0.1) is 11.6 Å². The SMILES string of the molecule is CN(C)CCN1C(=O)C(=O)C(=C(O)c2ccccc2)[C@H]1c1cccs1. The van der Waals surface area contributed by atoms with Crippen molar-refractivity contribution in [1.82, 2.24) is 9.80 Å². The Kier molecular flexibility index (Phi) is 5.01. The quantitative estimate of drug-likeness (QED) is 0.508. The molecule has 0 aliphatic carbocycles. The van der Waals surface area contributed by atoms with Crippen molar-refractivity contribution in [3.05, 3.63) is 63.9 Å². The van der Waals surface area contributed by atoms with E-state index < -0.39 is 17.7 Å². The van der Waals surface area contributed by atoms with E-state index in [1.807, 2.05) is 42.6 Å². The van der Waals surface area contributed by atoms with Gasteiger partial charge in [0.1, 0.15) is 5.76 Å². The summed E-state index contributed by atoms with van der Waals surface area (Å²) in [5, 5.41) is 12.7. The van der Waals surface area contributed by atoms with Gasteiger partial charge in [0.2, 0.25) is 0 Å². The number of aliphatic hydroxyl groups excluding tert-OH is 1. The highest BCUT2D eigenvalue weighted by Gasteiger charge is 2.46. The number of thiophene rings is 1. The molecule has 1 N–H and O–H groups in total. The Labute approximate surface area is 150 Å². The summed E-state index contributed by atoms with van der Waals surface area (Å²) in [5.74, 6) is -1.30. The van der Waals surface area contributed by atoms with Gasteiger partial charge in [-0.05, 0) is 25.5 Å². The molecule has 2 heterocycles. The number of likely N-dealkylation sites (tertiary alicyclic amines) is 1. The van der Waals surface area contributed by atoms with Crippen LogP contribution in [0.25, 0.3) is 5.76 Å². The summed E-state index contributed by atoms with van der Waals surface area (Å²) >= 11 is 1.47. The van der Waals surface area contributed by atoms with Gasteiger partial charge in [0, 0.05) is 23.5 Å². The topological polar surface area (TPSA) is 60.9 Å². The number of carbonyl (C=O) groups is 2. The van der Waals surface area contributed by atoms with Crippen LogP contribution in [0.5, 0.6) is 0 Å². The van der Waals surface area contributed by atoms with Crippen molar-refractivity contribution in [1.29, 1.82) is 0 Å². The Bertz CT molecular complexity index is 797. The number of hydrogen-bond donors (Lipinski definition) is 1. The fourth-order valence-electron chi connectivity index (χ4n) is 2.91. The maximum atomic E-state index is 12.7. The lowest BCUT2D eigenvalue weighted by atomic mass is 10.00. The number of amides is 1. The second-order valence-corrected chi connectivity index (χ2v) is 7.16. The average Bonchev–Trinajstić information content (AvgIpc) is 3.21. The summed E-state index contributed by atoms with van der Waals surface area (Å²) in [6.45, 7) is 1.06. The monoisotopic (exact) mass is 356 g/mol. The molecular formula is C19H20N2O3S. The van der Waals surface area contributed by atoms with Crippen LogP contribution in [0.3, 0.4) is 0 Å². The van der Waals surface area contributed by atoms with Crippen LogP contribution in [-0.2, 0) is 9.59 Å². The zero-order valence-corrected chi connectivity index (χ0v) is 15.0. The van der Waals surface area contributed by atoms with Gasteiger partial charge in [-0.15, -0.1) is 11.3 Å². The van der Waals surface area contributed by atoms with Crippen molar-refractivity contribution in [3.8, 4) is 0 Å². The van der Waals surface area contributed by atoms with Gasteiger partial charge >= 0.3 is 0 Å². The van der Waals surface area contributed by atoms with Crippen LogP contribution in [0, 0.1) is 0 Å². The molecule has 1 fully saturated rings. The van der Waals surface area contributed by atoms with Gasteiger partial charge < -0.3 is 14.9 Å². The van der Waals surface area contributed by atoms with Crippen LogP contribution in [0.15, 0.2) is 53.4 Å². The van der Waals surface area contributed by atoms with Crippen LogP contribution in [0.2, 0.25) is 0 Å². The molecule has 6 heteroatoms. The van der Waals surface area contributed by atoms with Gasteiger partial charge in [-0.3, -0.25) is 9.59 Å². The number of benzene rings is 1. The first-order valence-corrected chi connectivity index (χ1v) is 8.90. The zero-order chi connectivity index (χ0) is 18.0. The van der Waals surface area contributed by atoms with Crippen LogP contribution in [-0.4, -0.2) is 53.8 Å². The van der Waals surface area contributed by atoms with E-state index in [9.17, 15) is 14.7 Å². The van der Waals surface area contributed by atoms with E-state index in [-0.39, 0.29) is 11.3 Å². The smallest absolute Gasteiger partial charge is 0.295 e. The molecule has 1 aromatic heterocycles.